The lowest BCUT2D eigenvalue weighted by Crippen LogP contribution is -2.69. The molecule has 0 aromatic heterocycles. The van der Waals surface area contributed by atoms with Gasteiger partial charge in [0.1, 0.15) is 0 Å². The number of carbonyl (C=O) groups is 1. The van der Waals surface area contributed by atoms with Crippen LogP contribution in [0, 0.1) is 12.8 Å². The second kappa shape index (κ2) is 11.2. The molecule has 4 rings (SSSR count). The highest BCUT2D eigenvalue weighted by atomic mass is 16.5. The van der Waals surface area contributed by atoms with Gasteiger partial charge in [-0.1, -0.05) is 32.3 Å². The molecule has 4 N–H and O–H groups in total. The number of alkyl carbamates (subject to hydrolysis) is 1. The highest BCUT2D eigenvalue weighted by Crippen LogP contribution is 2.57. The summed E-state index contributed by atoms with van der Waals surface area (Å²) in [6.45, 7) is 8.76. The number of aryl methyl sites for hydroxylation is 1. The summed E-state index contributed by atoms with van der Waals surface area (Å²) in [5.74, 6) is 0.706. The van der Waals surface area contributed by atoms with Crippen molar-refractivity contribution >= 4 is 6.09 Å². The van der Waals surface area contributed by atoms with Gasteiger partial charge in [0.05, 0.1) is 12.2 Å². The number of rotatable bonds is 6. The Hall–Kier alpha value is -1.99. The van der Waals surface area contributed by atoms with E-state index in [-0.39, 0.29) is 23.6 Å². The van der Waals surface area contributed by atoms with Crippen LogP contribution < -0.4 is 5.32 Å². The number of phenolic OH excluding ortho intramolecular Hbond substituents is 2. The third kappa shape index (κ3) is 5.30. The maximum Gasteiger partial charge on any atom is 0.406 e. The highest BCUT2D eigenvalue weighted by molar-refractivity contribution is 5.66. The number of carbonyl (C=O) groups excluding carboxylic acids is 1. The van der Waals surface area contributed by atoms with Gasteiger partial charge >= 0.3 is 6.09 Å². The molecule has 0 radical (unpaired) electrons. The molecule has 2 aliphatic carbocycles. The summed E-state index contributed by atoms with van der Waals surface area (Å²) in [7, 11) is 1.55. The zero-order valence-electron chi connectivity index (χ0n) is 21.4. The monoisotopic (exact) mass is 476 g/mol. The second-order valence-electron chi connectivity index (χ2n) is 10.4. The standard InChI is InChI=1S/C21H31NO3.C6H13NO2/c1-14-5-8-17(23)19(24)18(14)20-9-3-4-10-21(20,25)15(2)22(12-11-20)13-16-6-7-16;1-3-4-5-9-6(8)7-2/h5,8,15-16,23-25H,3-4,6-7,9-13H2,1-2H3;3-5H2,1-2H3,(H,7,8)/t15-,20+,21?;/m1./s1. The first kappa shape index (κ1) is 26.6. The number of aromatic hydroxyl groups is 2. The summed E-state index contributed by atoms with van der Waals surface area (Å²) >= 11 is 0. The Morgan fingerprint density at radius 1 is 1.21 bits per heavy atom. The Kier molecular flexibility index (Phi) is 8.74. The molecule has 1 heterocycles. The summed E-state index contributed by atoms with van der Waals surface area (Å²) in [6.07, 6.45) is 8.86. The third-order valence-corrected chi connectivity index (χ3v) is 8.27. The van der Waals surface area contributed by atoms with Crippen LogP contribution in [-0.4, -0.2) is 64.7 Å². The van der Waals surface area contributed by atoms with E-state index < -0.39 is 11.0 Å². The van der Waals surface area contributed by atoms with Crippen molar-refractivity contribution in [2.24, 2.45) is 5.92 Å². The average Bonchev–Trinajstić information content (AvgIpc) is 3.64. The topological polar surface area (TPSA) is 102 Å². The molecule has 7 nitrogen and oxygen atoms in total. The maximum absolute atomic E-state index is 12.0. The van der Waals surface area contributed by atoms with Gasteiger partial charge in [-0.15, -0.1) is 0 Å². The number of piperidine rings is 1. The van der Waals surface area contributed by atoms with Gasteiger partial charge in [0, 0.05) is 30.6 Å². The molecule has 1 saturated heterocycles. The van der Waals surface area contributed by atoms with E-state index in [1.54, 1.807) is 13.1 Å². The number of phenols is 2. The predicted molar refractivity (Wildman–Crippen MR) is 133 cm³/mol. The molecule has 7 heteroatoms. The van der Waals surface area contributed by atoms with Crippen LogP contribution in [-0.2, 0) is 10.2 Å². The molecule has 3 fully saturated rings. The van der Waals surface area contributed by atoms with Crippen LogP contribution in [0.1, 0.15) is 82.8 Å². The molecule has 1 amide bonds. The van der Waals surface area contributed by atoms with Crippen molar-refractivity contribution in [1.29, 1.82) is 0 Å². The molecule has 34 heavy (non-hydrogen) atoms. The quantitative estimate of drug-likeness (QED) is 0.354. The summed E-state index contributed by atoms with van der Waals surface area (Å²) in [4.78, 5) is 12.8. The Labute approximate surface area is 204 Å². The van der Waals surface area contributed by atoms with Crippen molar-refractivity contribution in [2.75, 3.05) is 26.7 Å². The predicted octanol–water partition coefficient (Wildman–Crippen LogP) is 4.60. The molecule has 1 aliphatic heterocycles. The van der Waals surface area contributed by atoms with Gasteiger partial charge in [0.25, 0.3) is 0 Å². The Morgan fingerprint density at radius 3 is 2.56 bits per heavy atom. The van der Waals surface area contributed by atoms with E-state index in [1.807, 2.05) is 19.9 Å². The first-order valence-electron chi connectivity index (χ1n) is 13.0. The first-order valence-corrected chi connectivity index (χ1v) is 13.0. The lowest BCUT2D eigenvalue weighted by molar-refractivity contribution is -0.155. The van der Waals surface area contributed by atoms with Crippen molar-refractivity contribution in [3.63, 3.8) is 0 Å². The van der Waals surface area contributed by atoms with E-state index in [1.165, 1.54) is 12.8 Å². The molecular formula is C27H44N2O5. The van der Waals surface area contributed by atoms with Crippen molar-refractivity contribution < 1.29 is 24.9 Å². The zero-order chi connectivity index (χ0) is 24.9. The number of aliphatic hydroxyl groups is 1. The number of likely N-dealkylation sites (tertiary alicyclic amines) is 1. The minimum Gasteiger partial charge on any atom is -0.504 e. The van der Waals surface area contributed by atoms with Gasteiger partial charge < -0.3 is 25.4 Å². The van der Waals surface area contributed by atoms with Crippen LogP contribution in [0.15, 0.2) is 12.1 Å². The van der Waals surface area contributed by atoms with Gasteiger partial charge in [-0.25, -0.2) is 4.79 Å². The fourth-order valence-electron chi connectivity index (χ4n) is 6.07. The van der Waals surface area contributed by atoms with E-state index in [0.29, 0.717) is 6.61 Å². The van der Waals surface area contributed by atoms with Gasteiger partial charge in [0.2, 0.25) is 0 Å². The van der Waals surface area contributed by atoms with Crippen molar-refractivity contribution in [3.8, 4) is 11.5 Å². The minimum absolute atomic E-state index is 0.0248. The number of unbranched alkanes of at least 4 members (excludes halogenated alkanes) is 1. The highest BCUT2D eigenvalue weighted by Gasteiger charge is 2.60. The van der Waals surface area contributed by atoms with Crippen molar-refractivity contribution in [3.05, 3.63) is 23.3 Å². The molecule has 2 saturated carbocycles. The molecule has 192 valence electrons. The first-order chi connectivity index (χ1) is 16.2. The Morgan fingerprint density at radius 2 is 1.91 bits per heavy atom. The lowest BCUT2D eigenvalue weighted by atomic mass is 9.53. The molecular weight excluding hydrogens is 432 g/mol. The summed E-state index contributed by atoms with van der Waals surface area (Å²) in [6, 6.07) is 3.50. The smallest absolute Gasteiger partial charge is 0.406 e. The van der Waals surface area contributed by atoms with Gasteiger partial charge in [0.15, 0.2) is 11.5 Å². The van der Waals surface area contributed by atoms with Gasteiger partial charge in [-0.05, 0) is 76.5 Å². The number of hydrogen-bond donors (Lipinski definition) is 4. The largest absolute Gasteiger partial charge is 0.504 e. The number of nitrogens with zero attached hydrogens (tertiary/aromatic N) is 1. The second-order valence-corrected chi connectivity index (χ2v) is 10.4. The molecule has 1 aromatic carbocycles. The maximum atomic E-state index is 12.0. The van der Waals surface area contributed by atoms with E-state index in [2.05, 4.69) is 21.9 Å². The van der Waals surface area contributed by atoms with Crippen molar-refractivity contribution in [1.82, 2.24) is 10.2 Å². The van der Waals surface area contributed by atoms with E-state index in [4.69, 9.17) is 0 Å². The average molecular weight is 477 g/mol. The minimum atomic E-state index is -0.853. The number of benzene rings is 1. The summed E-state index contributed by atoms with van der Waals surface area (Å²) < 4.78 is 4.68. The fraction of sp³-hybridized carbons (Fsp3) is 0.741. The summed E-state index contributed by atoms with van der Waals surface area (Å²) in [5, 5.41) is 35.2. The number of fused-ring (bicyclic) bond motifs is 1. The van der Waals surface area contributed by atoms with Crippen LogP contribution in [0.2, 0.25) is 0 Å². The van der Waals surface area contributed by atoms with Gasteiger partial charge in [-0.2, -0.15) is 0 Å². The van der Waals surface area contributed by atoms with E-state index in [9.17, 15) is 20.1 Å². The molecule has 1 aromatic rings. The van der Waals surface area contributed by atoms with Crippen LogP contribution >= 0.6 is 0 Å². The van der Waals surface area contributed by atoms with E-state index >= 15 is 0 Å². The SMILES string of the molecule is CCCCOC(=O)NC.Cc1ccc(O)c(O)c1[C@@]12CCCCC1(O)[C@@H](C)N(CC1CC1)CC2. The van der Waals surface area contributed by atoms with Crippen LogP contribution in [0.5, 0.6) is 11.5 Å². The van der Waals surface area contributed by atoms with Crippen LogP contribution in [0.25, 0.3) is 0 Å². The summed E-state index contributed by atoms with van der Waals surface area (Å²) in [5.41, 5.74) is 0.442. The number of amides is 1. The molecule has 0 spiro atoms. The molecule has 3 aliphatic rings. The number of nitrogens with one attached hydrogen (secondary N) is 1. The Balaban J connectivity index is 0.000000309. The Bertz CT molecular complexity index is 843. The zero-order valence-corrected chi connectivity index (χ0v) is 21.4. The normalized spacial score (nSPS) is 28.9. The van der Waals surface area contributed by atoms with Crippen LogP contribution in [0.4, 0.5) is 4.79 Å². The molecule has 1 unspecified atom stereocenters. The lowest BCUT2D eigenvalue weighted by Gasteiger charge is -2.60. The van der Waals surface area contributed by atoms with Crippen molar-refractivity contribution in [2.45, 2.75) is 95.6 Å². The van der Waals surface area contributed by atoms with Gasteiger partial charge in [-0.3, -0.25) is 4.90 Å². The molecule has 3 atom stereocenters. The van der Waals surface area contributed by atoms with E-state index in [0.717, 1.165) is 75.1 Å². The van der Waals surface area contributed by atoms with Crippen LogP contribution in [0.3, 0.4) is 0 Å². The fourth-order valence-corrected chi connectivity index (χ4v) is 6.07. The third-order valence-electron chi connectivity index (χ3n) is 8.27. The number of ether oxygens (including phenoxy) is 1. The molecule has 0 bridgehead atoms. The number of hydrogen-bond acceptors (Lipinski definition) is 6.